The van der Waals surface area contributed by atoms with Gasteiger partial charge in [-0.2, -0.15) is 0 Å². The molecule has 2 aromatic carbocycles. The number of ether oxygens (including phenoxy) is 1. The molecule has 2 aliphatic rings. The lowest BCUT2D eigenvalue weighted by atomic mass is 9.68. The highest BCUT2D eigenvalue weighted by atomic mass is 16.5. The van der Waals surface area contributed by atoms with E-state index in [0.717, 1.165) is 28.9 Å². The Morgan fingerprint density at radius 3 is 2.29 bits per heavy atom. The molecule has 0 radical (unpaired) electrons. The highest BCUT2D eigenvalue weighted by Gasteiger charge is 2.46. The summed E-state index contributed by atoms with van der Waals surface area (Å²) in [5.41, 5.74) is 12.5. The number of nitrogens with zero attached hydrogens (tertiary/aromatic N) is 1. The van der Waals surface area contributed by atoms with Gasteiger partial charge in [-0.05, 0) is 55.4 Å². The average molecular weight is 459 g/mol. The third-order valence-corrected chi connectivity index (χ3v) is 6.77. The Bertz CT molecular complexity index is 1170. The van der Waals surface area contributed by atoms with Crippen molar-refractivity contribution in [1.29, 1.82) is 0 Å². The van der Waals surface area contributed by atoms with E-state index < -0.39 is 11.9 Å². The smallest absolute Gasteiger partial charge is 0.338 e. The van der Waals surface area contributed by atoms with Crippen LogP contribution in [0, 0.1) is 12.3 Å². The second-order valence-corrected chi connectivity index (χ2v) is 10.0. The van der Waals surface area contributed by atoms with Crippen LogP contribution >= 0.6 is 0 Å². The predicted octanol–water partition coefficient (Wildman–Crippen LogP) is 5.54. The Balaban J connectivity index is 2.00. The largest absolute Gasteiger partial charge is 0.463 e. The van der Waals surface area contributed by atoms with Crippen LogP contribution in [0.5, 0.6) is 0 Å². The highest BCUT2D eigenvalue weighted by Crippen LogP contribution is 2.50. The Morgan fingerprint density at radius 1 is 1.06 bits per heavy atom. The monoisotopic (exact) mass is 458 g/mol. The van der Waals surface area contributed by atoms with Gasteiger partial charge < -0.3 is 10.5 Å². The van der Waals surface area contributed by atoms with Gasteiger partial charge in [-0.3, -0.25) is 9.69 Å². The summed E-state index contributed by atoms with van der Waals surface area (Å²) in [4.78, 5) is 28.9. The quantitative estimate of drug-likeness (QED) is 0.596. The fourth-order valence-electron chi connectivity index (χ4n) is 5.09. The first-order valence-corrected chi connectivity index (χ1v) is 12.1. The number of ketones is 1. The lowest BCUT2D eigenvalue weighted by Crippen LogP contribution is -2.43. The molecule has 0 aromatic heterocycles. The first-order valence-electron chi connectivity index (χ1n) is 12.1. The van der Waals surface area contributed by atoms with Gasteiger partial charge in [0.15, 0.2) is 5.78 Å². The minimum absolute atomic E-state index is 0.0576. The number of rotatable bonds is 5. The molecule has 1 heterocycles. The predicted molar refractivity (Wildman–Crippen MR) is 135 cm³/mol. The van der Waals surface area contributed by atoms with Crippen LogP contribution in [0.25, 0.3) is 0 Å². The summed E-state index contributed by atoms with van der Waals surface area (Å²) < 4.78 is 5.47. The Hall–Kier alpha value is -3.34. The standard InChI is InChI=1S/C29H34N2O3/c1-6-19-10-12-20(13-11-19)24-25-22(16-29(4,5)17-23(25)32)31(21-14-8-18(3)9-15-21)27(30)26(24)28(33)34-7-2/h8-15,24H,6-7,16-17,30H2,1-5H3/t24-/m0/s1. The van der Waals surface area contributed by atoms with Crippen molar-refractivity contribution in [3.05, 3.63) is 87.9 Å². The maximum Gasteiger partial charge on any atom is 0.338 e. The van der Waals surface area contributed by atoms with E-state index in [4.69, 9.17) is 10.5 Å². The van der Waals surface area contributed by atoms with Crippen molar-refractivity contribution in [2.45, 2.75) is 59.8 Å². The van der Waals surface area contributed by atoms with E-state index >= 15 is 0 Å². The molecule has 0 bridgehead atoms. The van der Waals surface area contributed by atoms with Crippen LogP contribution in [0.15, 0.2) is 71.2 Å². The summed E-state index contributed by atoms with van der Waals surface area (Å²) in [7, 11) is 0. The van der Waals surface area contributed by atoms with Gasteiger partial charge in [0.25, 0.3) is 0 Å². The molecule has 0 unspecified atom stereocenters. The first kappa shape index (κ1) is 23.8. The second-order valence-electron chi connectivity index (χ2n) is 10.0. The molecule has 0 spiro atoms. The number of hydrogen-bond donors (Lipinski definition) is 1. The third-order valence-electron chi connectivity index (χ3n) is 6.77. The lowest BCUT2D eigenvalue weighted by Gasteiger charge is -2.44. The van der Waals surface area contributed by atoms with Crippen LogP contribution in [-0.4, -0.2) is 18.4 Å². The number of benzene rings is 2. The van der Waals surface area contributed by atoms with Gasteiger partial charge >= 0.3 is 5.97 Å². The molecule has 1 aliphatic heterocycles. The Morgan fingerprint density at radius 2 is 1.71 bits per heavy atom. The summed E-state index contributed by atoms with van der Waals surface area (Å²) in [5, 5.41) is 0. The van der Waals surface area contributed by atoms with E-state index in [9.17, 15) is 9.59 Å². The van der Waals surface area contributed by atoms with Crippen LogP contribution in [0.2, 0.25) is 0 Å². The zero-order valence-corrected chi connectivity index (χ0v) is 20.8. The number of carbonyl (C=O) groups is 2. The fraction of sp³-hybridized carbons (Fsp3) is 0.379. The molecule has 1 atom stereocenters. The van der Waals surface area contributed by atoms with Crippen LogP contribution in [0.3, 0.4) is 0 Å². The third kappa shape index (κ3) is 4.27. The molecular formula is C29H34N2O3. The summed E-state index contributed by atoms with van der Waals surface area (Å²) in [6.45, 7) is 10.3. The number of carbonyl (C=O) groups excluding carboxylic acids is 2. The molecular weight excluding hydrogens is 424 g/mol. The van der Waals surface area contributed by atoms with Crippen molar-refractivity contribution in [1.82, 2.24) is 0 Å². The molecule has 2 aromatic rings. The Kier molecular flexibility index (Phi) is 6.39. The highest BCUT2D eigenvalue weighted by molar-refractivity contribution is 6.05. The van der Waals surface area contributed by atoms with E-state index in [1.807, 2.05) is 48.2 Å². The summed E-state index contributed by atoms with van der Waals surface area (Å²) in [6, 6.07) is 16.1. The number of nitrogens with two attached hydrogens (primary N) is 1. The zero-order chi connectivity index (χ0) is 24.6. The maximum atomic E-state index is 13.7. The van der Waals surface area contributed by atoms with E-state index in [2.05, 4.69) is 32.9 Å². The summed E-state index contributed by atoms with van der Waals surface area (Å²) >= 11 is 0. The van der Waals surface area contributed by atoms with E-state index in [1.54, 1.807) is 6.92 Å². The number of allylic oxidation sites excluding steroid dienone is 2. The summed E-state index contributed by atoms with van der Waals surface area (Å²) in [6.07, 6.45) is 2.02. The minimum atomic E-state index is -0.551. The minimum Gasteiger partial charge on any atom is -0.463 e. The van der Waals surface area contributed by atoms with Gasteiger partial charge in [-0.25, -0.2) is 4.79 Å². The molecule has 0 saturated heterocycles. The van der Waals surface area contributed by atoms with Gasteiger partial charge in [0, 0.05) is 23.4 Å². The molecule has 4 rings (SSSR count). The number of anilines is 1. The van der Waals surface area contributed by atoms with Gasteiger partial charge in [0.1, 0.15) is 5.82 Å². The molecule has 5 nitrogen and oxygen atoms in total. The molecule has 34 heavy (non-hydrogen) atoms. The second kappa shape index (κ2) is 9.13. The number of esters is 1. The van der Waals surface area contributed by atoms with Crippen molar-refractivity contribution < 1.29 is 14.3 Å². The maximum absolute atomic E-state index is 13.7. The first-order chi connectivity index (χ1) is 16.2. The van der Waals surface area contributed by atoms with Crippen molar-refractivity contribution >= 4 is 17.4 Å². The SMILES string of the molecule is CCOC(=O)C1=C(N)N(c2ccc(C)cc2)C2=C(C(=O)CC(C)(C)C2)[C@@H]1c1ccc(CC)cc1. The number of hydrogen-bond acceptors (Lipinski definition) is 5. The van der Waals surface area contributed by atoms with Gasteiger partial charge in [-0.15, -0.1) is 0 Å². The van der Waals surface area contributed by atoms with E-state index in [1.165, 1.54) is 5.56 Å². The van der Waals surface area contributed by atoms with E-state index in [-0.39, 0.29) is 17.8 Å². The lowest BCUT2D eigenvalue weighted by molar-refractivity contribution is -0.138. The van der Waals surface area contributed by atoms with Crippen molar-refractivity contribution in [2.24, 2.45) is 11.1 Å². The normalized spacial score (nSPS) is 19.9. The van der Waals surface area contributed by atoms with Crippen molar-refractivity contribution in [3.8, 4) is 0 Å². The summed E-state index contributed by atoms with van der Waals surface area (Å²) in [5.74, 6) is -0.644. The average Bonchev–Trinajstić information content (AvgIpc) is 2.78. The number of aryl methyl sites for hydroxylation is 2. The van der Waals surface area contributed by atoms with Crippen LogP contribution in [0.1, 0.15) is 63.1 Å². The molecule has 0 saturated carbocycles. The zero-order valence-electron chi connectivity index (χ0n) is 20.8. The molecule has 0 amide bonds. The van der Waals surface area contributed by atoms with Crippen molar-refractivity contribution in [2.75, 3.05) is 11.5 Å². The van der Waals surface area contributed by atoms with Gasteiger partial charge in [-0.1, -0.05) is 62.7 Å². The van der Waals surface area contributed by atoms with Crippen LogP contribution in [-0.2, 0) is 20.7 Å². The fourth-order valence-corrected chi connectivity index (χ4v) is 5.09. The molecule has 2 N–H and O–H groups in total. The molecule has 178 valence electrons. The van der Waals surface area contributed by atoms with Gasteiger partial charge in [0.05, 0.1) is 18.1 Å². The van der Waals surface area contributed by atoms with Crippen LogP contribution in [0.4, 0.5) is 5.69 Å². The molecule has 0 fully saturated rings. The van der Waals surface area contributed by atoms with Gasteiger partial charge in [0.2, 0.25) is 0 Å². The topological polar surface area (TPSA) is 72.6 Å². The number of Topliss-reactive ketones (excluding diaryl/α,β-unsaturated/α-hetero) is 1. The van der Waals surface area contributed by atoms with Crippen molar-refractivity contribution in [3.63, 3.8) is 0 Å². The van der Waals surface area contributed by atoms with E-state index in [0.29, 0.717) is 29.8 Å². The Labute approximate surface area is 202 Å². The molecule has 5 heteroatoms. The van der Waals surface area contributed by atoms with Crippen LogP contribution < -0.4 is 10.6 Å². The molecule has 1 aliphatic carbocycles.